The highest BCUT2D eigenvalue weighted by Crippen LogP contribution is 2.41. The van der Waals surface area contributed by atoms with Gasteiger partial charge in [0.25, 0.3) is 0 Å². The number of aryl methyl sites for hydroxylation is 1. The molecule has 5 heterocycles. The maximum absolute atomic E-state index is 15.8. The van der Waals surface area contributed by atoms with E-state index in [0.29, 0.717) is 58.2 Å². The maximum atomic E-state index is 15.8. The average molecular weight is 498 g/mol. The lowest BCUT2D eigenvalue weighted by Crippen LogP contribution is -2.42. The SMILES string of the molecule is Cn1cnnc1C1(F)CCN(c2c(C#N)ccnc2-c2cnn3nc(-c4ccccc4F)ccc23)CC1. The molecule has 0 aliphatic carbocycles. The second kappa shape index (κ2) is 8.74. The number of rotatable bonds is 4. The molecule has 1 aromatic carbocycles. The van der Waals surface area contributed by atoms with Gasteiger partial charge in [0.2, 0.25) is 0 Å². The van der Waals surface area contributed by atoms with Crippen molar-refractivity contribution in [1.82, 2.24) is 34.6 Å². The van der Waals surface area contributed by atoms with Gasteiger partial charge in [0.15, 0.2) is 11.5 Å². The number of benzene rings is 1. The number of aromatic nitrogens is 7. The summed E-state index contributed by atoms with van der Waals surface area (Å²) in [6.07, 6.45) is 5.09. The third-order valence-corrected chi connectivity index (χ3v) is 6.82. The second-order valence-electron chi connectivity index (χ2n) is 9.02. The summed E-state index contributed by atoms with van der Waals surface area (Å²) in [6.45, 7) is 0.733. The fourth-order valence-corrected chi connectivity index (χ4v) is 4.93. The van der Waals surface area contributed by atoms with Crippen LogP contribution < -0.4 is 4.90 Å². The molecule has 1 saturated heterocycles. The van der Waals surface area contributed by atoms with E-state index in [2.05, 4.69) is 31.4 Å². The Morgan fingerprint density at radius 2 is 1.86 bits per heavy atom. The van der Waals surface area contributed by atoms with Gasteiger partial charge in [-0.2, -0.15) is 15.0 Å². The molecular formula is C26H21F2N9. The second-order valence-corrected chi connectivity index (χ2v) is 9.02. The normalized spacial score (nSPS) is 15.1. The van der Waals surface area contributed by atoms with Crippen molar-refractivity contribution < 1.29 is 8.78 Å². The van der Waals surface area contributed by atoms with E-state index in [1.807, 2.05) is 4.90 Å². The van der Waals surface area contributed by atoms with Crippen molar-refractivity contribution in [1.29, 1.82) is 5.26 Å². The van der Waals surface area contributed by atoms with Crippen molar-refractivity contribution in [2.75, 3.05) is 18.0 Å². The number of hydrogen-bond acceptors (Lipinski definition) is 7. The smallest absolute Gasteiger partial charge is 0.173 e. The van der Waals surface area contributed by atoms with Crippen LogP contribution in [0.4, 0.5) is 14.5 Å². The summed E-state index contributed by atoms with van der Waals surface area (Å²) in [6, 6.07) is 13.8. The lowest BCUT2D eigenvalue weighted by atomic mass is 9.91. The first-order valence-electron chi connectivity index (χ1n) is 11.8. The highest BCUT2D eigenvalue weighted by molar-refractivity contribution is 5.88. The van der Waals surface area contributed by atoms with Crippen molar-refractivity contribution in [3.8, 4) is 28.6 Å². The molecule has 0 radical (unpaired) electrons. The zero-order valence-electron chi connectivity index (χ0n) is 19.9. The van der Waals surface area contributed by atoms with Crippen LogP contribution in [0.2, 0.25) is 0 Å². The van der Waals surface area contributed by atoms with Crippen molar-refractivity contribution in [2.24, 2.45) is 7.05 Å². The number of fused-ring (bicyclic) bond motifs is 1. The van der Waals surface area contributed by atoms with Gasteiger partial charge < -0.3 is 9.47 Å². The number of nitrogens with zero attached hydrogens (tertiary/aromatic N) is 9. The van der Waals surface area contributed by atoms with Gasteiger partial charge in [-0.15, -0.1) is 15.3 Å². The van der Waals surface area contributed by atoms with Crippen LogP contribution in [0.3, 0.4) is 0 Å². The van der Waals surface area contributed by atoms with Gasteiger partial charge >= 0.3 is 0 Å². The van der Waals surface area contributed by atoms with Gasteiger partial charge in [0.05, 0.1) is 39.9 Å². The molecule has 0 N–H and O–H groups in total. The van der Waals surface area contributed by atoms with E-state index in [4.69, 9.17) is 0 Å². The van der Waals surface area contributed by atoms with E-state index in [1.165, 1.54) is 17.0 Å². The molecule has 5 aromatic rings. The fourth-order valence-electron chi connectivity index (χ4n) is 4.93. The summed E-state index contributed by atoms with van der Waals surface area (Å²) in [5, 5.41) is 26.6. The number of hydrogen-bond donors (Lipinski definition) is 0. The van der Waals surface area contributed by atoms with Crippen LogP contribution in [0.5, 0.6) is 0 Å². The summed E-state index contributed by atoms with van der Waals surface area (Å²) in [7, 11) is 1.73. The van der Waals surface area contributed by atoms with Gasteiger partial charge in [-0.05, 0) is 30.3 Å². The highest BCUT2D eigenvalue weighted by atomic mass is 19.1. The molecule has 11 heteroatoms. The van der Waals surface area contributed by atoms with Gasteiger partial charge in [-0.1, -0.05) is 12.1 Å². The Balaban J connectivity index is 1.38. The maximum Gasteiger partial charge on any atom is 0.173 e. The van der Waals surface area contributed by atoms with Crippen molar-refractivity contribution in [3.63, 3.8) is 0 Å². The van der Waals surface area contributed by atoms with E-state index < -0.39 is 5.67 Å². The van der Waals surface area contributed by atoms with Crippen molar-refractivity contribution in [3.05, 3.63) is 78.4 Å². The first-order chi connectivity index (χ1) is 18.0. The summed E-state index contributed by atoms with van der Waals surface area (Å²) < 4.78 is 33.1. The van der Waals surface area contributed by atoms with Crippen LogP contribution >= 0.6 is 0 Å². The Kier molecular flexibility index (Phi) is 5.37. The Labute approximate surface area is 210 Å². The molecule has 6 rings (SSSR count). The molecule has 9 nitrogen and oxygen atoms in total. The Morgan fingerprint density at radius 1 is 1.05 bits per heavy atom. The molecule has 0 bridgehead atoms. The monoisotopic (exact) mass is 497 g/mol. The Morgan fingerprint density at radius 3 is 2.59 bits per heavy atom. The topological polar surface area (TPSA) is 101 Å². The fraction of sp³-hybridized carbons (Fsp3) is 0.231. The van der Waals surface area contributed by atoms with Crippen LogP contribution in [0.1, 0.15) is 24.2 Å². The van der Waals surface area contributed by atoms with E-state index in [9.17, 15) is 9.65 Å². The summed E-state index contributed by atoms with van der Waals surface area (Å²) >= 11 is 0. The third-order valence-electron chi connectivity index (χ3n) is 6.82. The van der Waals surface area contributed by atoms with Crippen molar-refractivity contribution in [2.45, 2.75) is 18.5 Å². The Hall–Kier alpha value is -4.72. The standard InChI is InChI=1S/C26H21F2N9/c1-35-16-31-33-25(35)26(28)9-12-36(13-10-26)24-17(14-29)8-11-30-23(24)19-15-32-37-22(19)7-6-21(34-37)18-4-2-3-5-20(18)27/h2-8,11,15-16H,9-10,12-13H2,1H3. The Bertz CT molecular complexity index is 1660. The minimum Gasteiger partial charge on any atom is -0.368 e. The van der Waals surface area contributed by atoms with Gasteiger partial charge in [-0.3, -0.25) is 4.98 Å². The molecule has 37 heavy (non-hydrogen) atoms. The minimum atomic E-state index is -1.60. The van der Waals surface area contributed by atoms with E-state index in [0.717, 1.165) is 0 Å². The van der Waals surface area contributed by atoms with E-state index >= 15 is 4.39 Å². The predicted molar refractivity (Wildman–Crippen MR) is 132 cm³/mol. The zero-order valence-corrected chi connectivity index (χ0v) is 19.9. The van der Waals surface area contributed by atoms with E-state index in [-0.39, 0.29) is 18.7 Å². The van der Waals surface area contributed by atoms with E-state index in [1.54, 1.807) is 60.4 Å². The molecule has 1 fully saturated rings. The number of nitriles is 1. The van der Waals surface area contributed by atoms with Gasteiger partial charge in [0, 0.05) is 44.7 Å². The van der Waals surface area contributed by atoms with Gasteiger partial charge in [0.1, 0.15) is 18.2 Å². The van der Waals surface area contributed by atoms with Crippen LogP contribution in [0.25, 0.3) is 28.0 Å². The number of halogens is 2. The number of pyridine rings is 1. The van der Waals surface area contributed by atoms with Crippen LogP contribution in [0.15, 0.2) is 61.2 Å². The van der Waals surface area contributed by atoms with Gasteiger partial charge in [-0.25, -0.2) is 8.78 Å². The molecule has 0 atom stereocenters. The predicted octanol–water partition coefficient (Wildman–Crippen LogP) is 4.06. The summed E-state index contributed by atoms with van der Waals surface area (Å²) in [5.41, 5.74) is 2.15. The third kappa shape index (κ3) is 3.78. The lowest BCUT2D eigenvalue weighted by molar-refractivity contribution is 0.109. The van der Waals surface area contributed by atoms with Crippen LogP contribution in [0, 0.1) is 17.1 Å². The molecule has 0 spiro atoms. The number of piperidine rings is 1. The molecule has 184 valence electrons. The molecule has 1 aliphatic heterocycles. The minimum absolute atomic E-state index is 0.195. The molecule has 1 aliphatic rings. The molecule has 4 aromatic heterocycles. The average Bonchev–Trinajstić information content (AvgIpc) is 3.55. The molecule has 0 unspecified atom stereocenters. The lowest BCUT2D eigenvalue weighted by Gasteiger charge is -2.37. The quantitative estimate of drug-likeness (QED) is 0.369. The molecular weight excluding hydrogens is 476 g/mol. The zero-order chi connectivity index (χ0) is 25.6. The number of anilines is 1. The summed E-state index contributed by atoms with van der Waals surface area (Å²) in [4.78, 5) is 6.58. The molecule has 0 saturated carbocycles. The first kappa shape index (κ1) is 22.7. The first-order valence-corrected chi connectivity index (χ1v) is 11.8. The van der Waals surface area contributed by atoms with Crippen molar-refractivity contribution >= 4 is 11.2 Å². The summed E-state index contributed by atoms with van der Waals surface area (Å²) in [5.74, 6) is -0.0683. The van der Waals surface area contributed by atoms with Crippen LogP contribution in [-0.2, 0) is 12.7 Å². The number of alkyl halides is 1. The molecule has 0 amide bonds. The van der Waals surface area contributed by atoms with Crippen LogP contribution in [-0.4, -0.2) is 47.7 Å². The largest absolute Gasteiger partial charge is 0.368 e. The highest BCUT2D eigenvalue weighted by Gasteiger charge is 2.41.